The third-order valence-corrected chi connectivity index (χ3v) is 4.68. The summed E-state index contributed by atoms with van der Waals surface area (Å²) < 4.78 is 0. The van der Waals surface area contributed by atoms with Crippen molar-refractivity contribution in [2.24, 2.45) is 5.92 Å². The first-order valence-electron chi connectivity index (χ1n) is 7.57. The first kappa shape index (κ1) is 13.6. The highest BCUT2D eigenvalue weighted by atomic mass is 15.0. The van der Waals surface area contributed by atoms with Crippen molar-refractivity contribution in [3.05, 3.63) is 35.9 Å². The van der Waals surface area contributed by atoms with Crippen LogP contribution in [0.2, 0.25) is 0 Å². The maximum atomic E-state index is 3.79. The summed E-state index contributed by atoms with van der Waals surface area (Å²) in [7, 11) is 0. The number of benzene rings is 1. The second kappa shape index (κ2) is 5.88. The fraction of sp³-hybridized carbons (Fsp3) is 0.647. The minimum Gasteiger partial charge on any atom is -0.313 e. The lowest BCUT2D eigenvalue weighted by molar-refractivity contribution is 0.281. The highest BCUT2D eigenvalue weighted by Gasteiger charge is 2.51. The summed E-state index contributed by atoms with van der Waals surface area (Å²) in [4.78, 5) is 0. The first-order valence-corrected chi connectivity index (χ1v) is 7.57. The van der Waals surface area contributed by atoms with Gasteiger partial charge in [-0.3, -0.25) is 0 Å². The van der Waals surface area contributed by atoms with E-state index in [1.165, 1.54) is 25.7 Å². The molecule has 0 aliphatic heterocycles. The van der Waals surface area contributed by atoms with Crippen molar-refractivity contribution in [2.75, 3.05) is 6.54 Å². The molecule has 1 unspecified atom stereocenters. The second-order valence-corrected chi connectivity index (χ2v) is 5.63. The zero-order chi connectivity index (χ0) is 13.0. The molecular weight excluding hydrogens is 218 g/mol. The van der Waals surface area contributed by atoms with Crippen LogP contribution in [0.15, 0.2) is 30.3 Å². The Hall–Kier alpha value is -0.820. The van der Waals surface area contributed by atoms with Crippen molar-refractivity contribution in [3.63, 3.8) is 0 Å². The van der Waals surface area contributed by atoms with E-state index in [1.807, 2.05) is 0 Å². The molecule has 1 atom stereocenters. The zero-order valence-corrected chi connectivity index (χ0v) is 12.1. The molecule has 0 saturated heterocycles. The van der Waals surface area contributed by atoms with Crippen LogP contribution in [-0.4, -0.2) is 12.6 Å². The van der Waals surface area contributed by atoms with Crippen molar-refractivity contribution in [1.29, 1.82) is 0 Å². The molecule has 100 valence electrons. The predicted molar refractivity (Wildman–Crippen MR) is 78.9 cm³/mol. The van der Waals surface area contributed by atoms with E-state index >= 15 is 0 Å². The summed E-state index contributed by atoms with van der Waals surface area (Å²) in [5.41, 5.74) is 1.97. The van der Waals surface area contributed by atoms with Gasteiger partial charge < -0.3 is 5.32 Å². The van der Waals surface area contributed by atoms with E-state index < -0.39 is 0 Å². The van der Waals surface area contributed by atoms with E-state index in [1.54, 1.807) is 5.56 Å². The van der Waals surface area contributed by atoms with Crippen molar-refractivity contribution < 1.29 is 0 Å². The molecule has 1 aliphatic rings. The van der Waals surface area contributed by atoms with Crippen molar-refractivity contribution in [2.45, 2.75) is 57.9 Å². The number of hydrogen-bond donors (Lipinski definition) is 1. The summed E-state index contributed by atoms with van der Waals surface area (Å²) in [5, 5.41) is 3.79. The Bertz CT molecular complexity index is 349. The molecule has 0 bridgehead atoms. The van der Waals surface area contributed by atoms with E-state index in [0.29, 0.717) is 11.5 Å². The maximum Gasteiger partial charge on any atom is 0.0192 e. The average molecular weight is 245 g/mol. The Kier molecular flexibility index (Phi) is 4.45. The Balaban J connectivity index is 2.25. The lowest BCUT2D eigenvalue weighted by atomic mass is 9.78. The molecule has 0 heterocycles. The number of likely N-dealkylation sites (N-methyl/N-ethyl adjacent to an activating group) is 1. The highest BCUT2D eigenvalue weighted by Crippen LogP contribution is 2.53. The van der Waals surface area contributed by atoms with Crippen LogP contribution < -0.4 is 5.32 Å². The summed E-state index contributed by atoms with van der Waals surface area (Å²) >= 11 is 0. The zero-order valence-electron chi connectivity index (χ0n) is 12.1. The molecule has 0 radical (unpaired) electrons. The van der Waals surface area contributed by atoms with Gasteiger partial charge in [-0.2, -0.15) is 0 Å². The fourth-order valence-electron chi connectivity index (χ4n) is 3.48. The van der Waals surface area contributed by atoms with Crippen LogP contribution in [0.3, 0.4) is 0 Å². The van der Waals surface area contributed by atoms with Gasteiger partial charge in [-0.25, -0.2) is 0 Å². The Morgan fingerprint density at radius 2 is 1.67 bits per heavy atom. The van der Waals surface area contributed by atoms with Crippen LogP contribution in [0.4, 0.5) is 0 Å². The Morgan fingerprint density at radius 1 is 1.06 bits per heavy atom. The van der Waals surface area contributed by atoms with E-state index in [4.69, 9.17) is 0 Å². The molecule has 1 saturated carbocycles. The minimum absolute atomic E-state index is 0.425. The molecule has 1 aromatic rings. The van der Waals surface area contributed by atoms with Gasteiger partial charge in [0.1, 0.15) is 0 Å². The van der Waals surface area contributed by atoms with Crippen LogP contribution in [0.1, 0.15) is 52.0 Å². The predicted octanol–water partition coefficient (Wildman–Crippen LogP) is 4.13. The molecule has 0 amide bonds. The lowest BCUT2D eigenvalue weighted by Gasteiger charge is -2.34. The largest absolute Gasteiger partial charge is 0.313 e. The SMILES string of the molecule is CCNC(C(CC)CC)C1(c2ccccc2)CC1. The minimum atomic E-state index is 0.425. The van der Waals surface area contributed by atoms with Gasteiger partial charge in [0.2, 0.25) is 0 Å². The highest BCUT2D eigenvalue weighted by molar-refractivity contribution is 5.34. The van der Waals surface area contributed by atoms with Crippen LogP contribution in [-0.2, 0) is 5.41 Å². The van der Waals surface area contributed by atoms with Gasteiger partial charge in [-0.15, -0.1) is 0 Å². The Labute approximate surface area is 112 Å². The summed E-state index contributed by atoms with van der Waals surface area (Å²) in [6.45, 7) is 7.98. The molecule has 0 aromatic heterocycles. The molecule has 0 spiro atoms. The molecule has 1 fully saturated rings. The van der Waals surface area contributed by atoms with Crippen molar-refractivity contribution in [1.82, 2.24) is 5.32 Å². The third kappa shape index (κ3) is 2.47. The van der Waals surface area contributed by atoms with Gasteiger partial charge in [0.25, 0.3) is 0 Å². The quantitative estimate of drug-likeness (QED) is 0.761. The monoisotopic (exact) mass is 245 g/mol. The lowest BCUT2D eigenvalue weighted by Crippen LogP contribution is -2.45. The topological polar surface area (TPSA) is 12.0 Å². The molecule has 18 heavy (non-hydrogen) atoms. The maximum absolute atomic E-state index is 3.79. The Morgan fingerprint density at radius 3 is 2.11 bits per heavy atom. The smallest absolute Gasteiger partial charge is 0.0192 e. The average Bonchev–Trinajstić information content (AvgIpc) is 3.21. The van der Waals surface area contributed by atoms with E-state index in [2.05, 4.69) is 56.4 Å². The van der Waals surface area contributed by atoms with Gasteiger partial charge in [0, 0.05) is 11.5 Å². The van der Waals surface area contributed by atoms with E-state index in [9.17, 15) is 0 Å². The summed E-state index contributed by atoms with van der Waals surface area (Å²) in [6.07, 6.45) is 5.27. The number of nitrogens with one attached hydrogen (secondary N) is 1. The molecule has 1 heteroatoms. The molecular formula is C17H27N. The van der Waals surface area contributed by atoms with Gasteiger partial charge in [0.05, 0.1) is 0 Å². The molecule has 1 nitrogen and oxygen atoms in total. The molecule has 1 aliphatic carbocycles. The first-order chi connectivity index (χ1) is 8.78. The number of rotatable bonds is 7. The summed E-state index contributed by atoms with van der Waals surface area (Å²) in [6, 6.07) is 11.8. The van der Waals surface area contributed by atoms with E-state index in [-0.39, 0.29) is 0 Å². The van der Waals surface area contributed by atoms with E-state index in [0.717, 1.165) is 12.5 Å². The van der Waals surface area contributed by atoms with Gasteiger partial charge in [0.15, 0.2) is 0 Å². The van der Waals surface area contributed by atoms with Gasteiger partial charge in [-0.05, 0) is 30.9 Å². The van der Waals surface area contributed by atoms with Crippen molar-refractivity contribution in [3.8, 4) is 0 Å². The van der Waals surface area contributed by atoms with Crippen LogP contribution >= 0.6 is 0 Å². The van der Waals surface area contributed by atoms with Crippen molar-refractivity contribution >= 4 is 0 Å². The second-order valence-electron chi connectivity index (χ2n) is 5.63. The fourth-order valence-corrected chi connectivity index (χ4v) is 3.48. The molecule has 2 rings (SSSR count). The van der Waals surface area contributed by atoms with Gasteiger partial charge in [-0.1, -0.05) is 63.9 Å². The number of hydrogen-bond acceptors (Lipinski definition) is 1. The van der Waals surface area contributed by atoms with Crippen LogP contribution in [0, 0.1) is 5.92 Å². The summed E-state index contributed by atoms with van der Waals surface area (Å²) in [5.74, 6) is 0.799. The van der Waals surface area contributed by atoms with Crippen LogP contribution in [0.5, 0.6) is 0 Å². The van der Waals surface area contributed by atoms with Crippen LogP contribution in [0.25, 0.3) is 0 Å². The third-order valence-electron chi connectivity index (χ3n) is 4.68. The molecule has 1 aromatic carbocycles. The standard InChI is InChI=1S/C17H27N/c1-4-14(5-2)16(18-6-3)17(12-13-17)15-10-8-7-9-11-15/h7-11,14,16,18H,4-6,12-13H2,1-3H3. The molecule has 1 N–H and O–H groups in total. The van der Waals surface area contributed by atoms with Gasteiger partial charge >= 0.3 is 0 Å². The normalized spacial score (nSPS) is 18.9.